The molecule has 0 spiro atoms. The van der Waals surface area contributed by atoms with E-state index in [0.717, 1.165) is 5.01 Å². The van der Waals surface area contributed by atoms with Crippen LogP contribution in [-0.2, 0) is 6.54 Å². The predicted molar refractivity (Wildman–Crippen MR) is 51.7 cm³/mol. The first-order valence-electron chi connectivity index (χ1n) is 4.47. The van der Waals surface area contributed by atoms with Crippen LogP contribution in [0.1, 0.15) is 34.8 Å². The number of aromatic nitrogens is 1. The van der Waals surface area contributed by atoms with E-state index in [1.54, 1.807) is 0 Å². The fourth-order valence-corrected chi connectivity index (χ4v) is 1.90. The minimum absolute atomic E-state index is 0.179. The Labute approximate surface area is 81.0 Å². The number of carbonyl (C=O) groups excluding carboxylic acids is 1. The van der Waals surface area contributed by atoms with Gasteiger partial charge in [0.25, 0.3) is 0 Å². The van der Waals surface area contributed by atoms with Crippen LogP contribution in [0.4, 0.5) is 0 Å². The van der Waals surface area contributed by atoms with E-state index in [9.17, 15) is 4.79 Å². The second-order valence-electron chi connectivity index (χ2n) is 3.40. The summed E-state index contributed by atoms with van der Waals surface area (Å²) in [7, 11) is 0. The van der Waals surface area contributed by atoms with Gasteiger partial charge in [-0.1, -0.05) is 0 Å². The summed E-state index contributed by atoms with van der Waals surface area (Å²) < 4.78 is 0. The van der Waals surface area contributed by atoms with Crippen molar-refractivity contribution in [1.29, 1.82) is 0 Å². The first-order valence-corrected chi connectivity index (χ1v) is 5.35. The number of nitrogens with zero attached hydrogens (tertiary/aromatic N) is 1. The summed E-state index contributed by atoms with van der Waals surface area (Å²) in [5.41, 5.74) is 6.02. The number of thiazole rings is 1. The Balaban J connectivity index is 2.01. The molecule has 0 radical (unpaired) electrons. The number of hydrogen-bond acceptors (Lipinski definition) is 4. The summed E-state index contributed by atoms with van der Waals surface area (Å²) in [5.74, 6) is 0.814. The second kappa shape index (κ2) is 3.55. The van der Waals surface area contributed by atoms with Crippen LogP contribution in [0, 0.1) is 5.92 Å². The Morgan fingerprint density at radius 2 is 2.46 bits per heavy atom. The van der Waals surface area contributed by atoms with E-state index in [2.05, 4.69) is 4.98 Å². The van der Waals surface area contributed by atoms with Crippen molar-refractivity contribution in [2.75, 3.05) is 0 Å². The van der Waals surface area contributed by atoms with Crippen LogP contribution in [-0.4, -0.2) is 10.8 Å². The number of ketones is 1. The lowest BCUT2D eigenvalue weighted by Crippen LogP contribution is -2.02. The second-order valence-corrected chi connectivity index (χ2v) is 4.34. The quantitative estimate of drug-likeness (QED) is 0.744. The summed E-state index contributed by atoms with van der Waals surface area (Å²) in [6, 6.07) is 0. The highest BCUT2D eigenvalue weighted by molar-refractivity contribution is 7.09. The van der Waals surface area contributed by atoms with Gasteiger partial charge in [-0.3, -0.25) is 4.79 Å². The molecule has 1 heterocycles. The summed E-state index contributed by atoms with van der Waals surface area (Å²) in [5, 5.41) is 2.66. The number of carbonyl (C=O) groups is 1. The molecule has 1 saturated carbocycles. The molecule has 0 atom stereocenters. The predicted octanol–water partition coefficient (Wildman–Crippen LogP) is 1.58. The van der Waals surface area contributed by atoms with E-state index in [0.29, 0.717) is 24.6 Å². The van der Waals surface area contributed by atoms with Crippen LogP contribution in [0.25, 0.3) is 0 Å². The summed E-state index contributed by atoms with van der Waals surface area (Å²) in [4.78, 5) is 15.7. The molecule has 1 aromatic heterocycles. The van der Waals surface area contributed by atoms with Crippen LogP contribution in [0.3, 0.4) is 0 Å². The largest absolute Gasteiger partial charge is 0.325 e. The van der Waals surface area contributed by atoms with E-state index >= 15 is 0 Å². The van der Waals surface area contributed by atoms with Crippen LogP contribution < -0.4 is 5.73 Å². The van der Waals surface area contributed by atoms with Gasteiger partial charge in [0.1, 0.15) is 10.7 Å². The smallest absolute Gasteiger partial charge is 0.182 e. The molecule has 70 valence electrons. The Kier molecular flexibility index (Phi) is 2.42. The third kappa shape index (κ3) is 2.14. The number of nitrogens with two attached hydrogens (primary N) is 1. The Morgan fingerprint density at radius 1 is 1.69 bits per heavy atom. The fourth-order valence-electron chi connectivity index (χ4n) is 1.22. The topological polar surface area (TPSA) is 56.0 Å². The van der Waals surface area contributed by atoms with Gasteiger partial charge in [-0.15, -0.1) is 11.3 Å². The van der Waals surface area contributed by atoms with Crippen molar-refractivity contribution < 1.29 is 4.79 Å². The fraction of sp³-hybridized carbons (Fsp3) is 0.556. The molecule has 0 aromatic carbocycles. The SMILES string of the molecule is NCc1nc(C(=O)CC2CC2)cs1. The van der Waals surface area contributed by atoms with E-state index < -0.39 is 0 Å². The molecule has 0 amide bonds. The average molecular weight is 196 g/mol. The number of hydrogen-bond donors (Lipinski definition) is 1. The monoisotopic (exact) mass is 196 g/mol. The van der Waals surface area contributed by atoms with Crippen LogP contribution in [0.15, 0.2) is 5.38 Å². The highest BCUT2D eigenvalue weighted by Crippen LogP contribution is 2.33. The molecule has 1 aliphatic carbocycles. The van der Waals surface area contributed by atoms with Gasteiger partial charge in [-0.25, -0.2) is 4.98 Å². The van der Waals surface area contributed by atoms with E-state index in [1.165, 1.54) is 24.2 Å². The molecule has 2 rings (SSSR count). The normalized spacial score (nSPS) is 16.1. The van der Waals surface area contributed by atoms with Gasteiger partial charge in [0.15, 0.2) is 5.78 Å². The van der Waals surface area contributed by atoms with Crippen molar-refractivity contribution in [3.8, 4) is 0 Å². The van der Waals surface area contributed by atoms with Crippen molar-refractivity contribution in [3.05, 3.63) is 16.1 Å². The molecule has 4 heteroatoms. The Hall–Kier alpha value is -0.740. The third-order valence-corrected chi connectivity index (χ3v) is 3.05. The van der Waals surface area contributed by atoms with Gasteiger partial charge in [-0.05, 0) is 18.8 Å². The Bertz CT molecular complexity index is 317. The van der Waals surface area contributed by atoms with Crippen molar-refractivity contribution in [3.63, 3.8) is 0 Å². The molecule has 1 fully saturated rings. The van der Waals surface area contributed by atoms with Crippen molar-refractivity contribution >= 4 is 17.1 Å². The highest BCUT2D eigenvalue weighted by atomic mass is 32.1. The molecule has 1 aliphatic rings. The molecule has 0 aliphatic heterocycles. The minimum Gasteiger partial charge on any atom is -0.325 e. The van der Waals surface area contributed by atoms with Gasteiger partial charge in [-0.2, -0.15) is 0 Å². The van der Waals surface area contributed by atoms with E-state index in [-0.39, 0.29) is 5.78 Å². The van der Waals surface area contributed by atoms with Crippen molar-refractivity contribution in [1.82, 2.24) is 4.98 Å². The van der Waals surface area contributed by atoms with Crippen LogP contribution in [0.5, 0.6) is 0 Å². The maximum absolute atomic E-state index is 11.5. The maximum atomic E-state index is 11.5. The van der Waals surface area contributed by atoms with Crippen LogP contribution in [0.2, 0.25) is 0 Å². The molecule has 0 unspecified atom stereocenters. The van der Waals surface area contributed by atoms with Gasteiger partial charge in [0.05, 0.1) is 0 Å². The van der Waals surface area contributed by atoms with Crippen molar-refractivity contribution in [2.45, 2.75) is 25.8 Å². The molecule has 2 N–H and O–H groups in total. The summed E-state index contributed by atoms with van der Waals surface area (Å²) in [6.45, 7) is 0.432. The van der Waals surface area contributed by atoms with Gasteiger partial charge in [0.2, 0.25) is 0 Å². The van der Waals surface area contributed by atoms with Crippen molar-refractivity contribution in [2.24, 2.45) is 11.7 Å². The minimum atomic E-state index is 0.179. The molecular weight excluding hydrogens is 184 g/mol. The number of rotatable bonds is 4. The lowest BCUT2D eigenvalue weighted by atomic mass is 10.2. The van der Waals surface area contributed by atoms with Gasteiger partial charge >= 0.3 is 0 Å². The first-order chi connectivity index (χ1) is 6.29. The number of Topliss-reactive ketones (excluding diaryl/α,β-unsaturated/α-hetero) is 1. The zero-order chi connectivity index (χ0) is 9.26. The summed E-state index contributed by atoms with van der Waals surface area (Å²) in [6.07, 6.45) is 3.09. The van der Waals surface area contributed by atoms with Gasteiger partial charge in [0, 0.05) is 18.3 Å². The van der Waals surface area contributed by atoms with E-state index in [4.69, 9.17) is 5.73 Å². The average Bonchev–Trinajstić information content (AvgIpc) is 2.82. The zero-order valence-electron chi connectivity index (χ0n) is 7.32. The van der Waals surface area contributed by atoms with Crippen LogP contribution >= 0.6 is 11.3 Å². The molecule has 0 bridgehead atoms. The molecule has 1 aromatic rings. The zero-order valence-corrected chi connectivity index (χ0v) is 8.14. The van der Waals surface area contributed by atoms with Gasteiger partial charge < -0.3 is 5.73 Å². The van der Waals surface area contributed by atoms with E-state index in [1.807, 2.05) is 5.38 Å². The maximum Gasteiger partial charge on any atom is 0.182 e. The molecule has 3 nitrogen and oxygen atoms in total. The third-order valence-electron chi connectivity index (χ3n) is 2.18. The Morgan fingerprint density at radius 3 is 3.00 bits per heavy atom. The lowest BCUT2D eigenvalue weighted by molar-refractivity contribution is 0.0972. The standard InChI is InChI=1S/C9H12N2OS/c10-4-9-11-7(5-13-9)8(12)3-6-1-2-6/h5-6H,1-4,10H2. The highest BCUT2D eigenvalue weighted by Gasteiger charge is 2.25. The lowest BCUT2D eigenvalue weighted by Gasteiger charge is -1.92. The molecule has 13 heavy (non-hydrogen) atoms. The first kappa shape index (κ1) is 8.84. The summed E-state index contributed by atoms with van der Waals surface area (Å²) >= 11 is 1.47. The molecule has 0 saturated heterocycles. The molecular formula is C9H12N2OS.